The van der Waals surface area contributed by atoms with Crippen LogP contribution in [-0.2, 0) is 0 Å². The van der Waals surface area contributed by atoms with Crippen molar-refractivity contribution >= 4 is 46.1 Å². The van der Waals surface area contributed by atoms with Gasteiger partial charge in [-0.3, -0.25) is 4.79 Å². The highest BCUT2D eigenvalue weighted by molar-refractivity contribution is 7.13. The first-order chi connectivity index (χ1) is 11.0. The maximum atomic E-state index is 13.0. The molecule has 0 radical (unpaired) electrons. The van der Waals surface area contributed by atoms with E-state index in [2.05, 4.69) is 10.3 Å². The van der Waals surface area contributed by atoms with Crippen molar-refractivity contribution in [1.82, 2.24) is 4.98 Å². The summed E-state index contributed by atoms with van der Waals surface area (Å²) in [7, 11) is 0. The Labute approximate surface area is 145 Å². The third-order valence-corrected chi connectivity index (χ3v) is 4.46. The summed E-state index contributed by atoms with van der Waals surface area (Å²) in [6.07, 6.45) is 0. The van der Waals surface area contributed by atoms with Crippen molar-refractivity contribution in [2.45, 2.75) is 0 Å². The fourth-order valence-corrected chi connectivity index (χ4v) is 3.03. The van der Waals surface area contributed by atoms with Gasteiger partial charge in [0.25, 0.3) is 5.91 Å². The molecule has 1 N–H and O–H groups in total. The van der Waals surface area contributed by atoms with Gasteiger partial charge in [0.2, 0.25) is 0 Å². The Balaban J connectivity index is 1.79. The number of carbonyl (C=O) groups excluding carboxylic acids is 1. The number of benzene rings is 2. The Morgan fingerprint density at radius 2 is 1.87 bits per heavy atom. The highest BCUT2D eigenvalue weighted by atomic mass is 35.5. The topological polar surface area (TPSA) is 42.0 Å². The molecule has 0 fully saturated rings. The molecule has 0 saturated heterocycles. The number of nitrogens with zero attached hydrogens (tertiary/aromatic N) is 1. The van der Waals surface area contributed by atoms with Gasteiger partial charge in [0.1, 0.15) is 16.5 Å². The Kier molecular flexibility index (Phi) is 4.61. The number of aromatic nitrogens is 1. The normalized spacial score (nSPS) is 10.6. The molecule has 3 nitrogen and oxygen atoms in total. The first-order valence-electron chi connectivity index (χ1n) is 6.51. The maximum absolute atomic E-state index is 13.0. The summed E-state index contributed by atoms with van der Waals surface area (Å²) >= 11 is 13.1. The smallest absolute Gasteiger partial charge is 0.275 e. The van der Waals surface area contributed by atoms with Gasteiger partial charge >= 0.3 is 0 Å². The molecule has 0 unspecified atom stereocenters. The van der Waals surface area contributed by atoms with Gasteiger partial charge in [0, 0.05) is 16.0 Å². The Bertz CT molecular complexity index is 865. The van der Waals surface area contributed by atoms with Gasteiger partial charge in [-0.15, -0.1) is 11.3 Å². The predicted molar refractivity (Wildman–Crippen MR) is 91.9 cm³/mol. The molecule has 0 aliphatic carbocycles. The number of thiazole rings is 1. The van der Waals surface area contributed by atoms with E-state index in [0.29, 0.717) is 15.7 Å². The van der Waals surface area contributed by atoms with Crippen LogP contribution in [0, 0.1) is 5.82 Å². The van der Waals surface area contributed by atoms with E-state index in [1.807, 2.05) is 12.1 Å². The molecule has 0 aliphatic heterocycles. The van der Waals surface area contributed by atoms with Crippen LogP contribution in [0.25, 0.3) is 10.6 Å². The third-order valence-electron chi connectivity index (χ3n) is 3.01. The molecule has 1 heterocycles. The highest BCUT2D eigenvalue weighted by Gasteiger charge is 2.13. The van der Waals surface area contributed by atoms with Crippen LogP contribution in [0.4, 0.5) is 10.1 Å². The van der Waals surface area contributed by atoms with E-state index in [0.717, 1.165) is 11.6 Å². The SMILES string of the molecule is O=C(Nc1ccc(F)cc1Cl)c1csc(-c2ccc(Cl)cc2)n1. The molecule has 23 heavy (non-hydrogen) atoms. The number of hydrogen-bond donors (Lipinski definition) is 1. The number of halogens is 3. The summed E-state index contributed by atoms with van der Waals surface area (Å²) < 4.78 is 13.0. The lowest BCUT2D eigenvalue weighted by molar-refractivity contribution is 0.102. The quantitative estimate of drug-likeness (QED) is 0.663. The molecule has 0 bridgehead atoms. The van der Waals surface area contributed by atoms with Gasteiger partial charge in [-0.05, 0) is 30.3 Å². The highest BCUT2D eigenvalue weighted by Crippen LogP contribution is 2.27. The van der Waals surface area contributed by atoms with E-state index in [1.165, 1.54) is 23.5 Å². The van der Waals surface area contributed by atoms with Gasteiger partial charge in [-0.25, -0.2) is 9.37 Å². The Morgan fingerprint density at radius 3 is 2.57 bits per heavy atom. The lowest BCUT2D eigenvalue weighted by atomic mass is 10.2. The molecule has 7 heteroatoms. The first kappa shape index (κ1) is 15.9. The summed E-state index contributed by atoms with van der Waals surface area (Å²) in [6.45, 7) is 0. The summed E-state index contributed by atoms with van der Waals surface area (Å²) in [5.41, 5.74) is 1.47. The van der Waals surface area contributed by atoms with E-state index in [9.17, 15) is 9.18 Å². The van der Waals surface area contributed by atoms with Crippen LogP contribution in [0.5, 0.6) is 0 Å². The second-order valence-electron chi connectivity index (χ2n) is 4.62. The average Bonchev–Trinajstić information content (AvgIpc) is 3.01. The van der Waals surface area contributed by atoms with Gasteiger partial charge in [0.05, 0.1) is 10.7 Å². The minimum atomic E-state index is -0.466. The number of nitrogens with one attached hydrogen (secondary N) is 1. The fraction of sp³-hybridized carbons (Fsp3) is 0. The number of hydrogen-bond acceptors (Lipinski definition) is 3. The monoisotopic (exact) mass is 366 g/mol. The van der Waals surface area contributed by atoms with Crippen molar-refractivity contribution in [3.05, 3.63) is 69.4 Å². The zero-order valence-corrected chi connectivity index (χ0v) is 13.8. The van der Waals surface area contributed by atoms with Crippen molar-refractivity contribution in [1.29, 1.82) is 0 Å². The van der Waals surface area contributed by atoms with E-state index in [-0.39, 0.29) is 10.7 Å². The van der Waals surface area contributed by atoms with E-state index in [4.69, 9.17) is 23.2 Å². The van der Waals surface area contributed by atoms with Crippen molar-refractivity contribution < 1.29 is 9.18 Å². The fourth-order valence-electron chi connectivity index (χ4n) is 1.88. The molecule has 0 atom stereocenters. The second-order valence-corrected chi connectivity index (χ2v) is 6.32. The van der Waals surface area contributed by atoms with Crippen LogP contribution < -0.4 is 5.32 Å². The number of rotatable bonds is 3. The van der Waals surface area contributed by atoms with E-state index >= 15 is 0 Å². The molecule has 3 aromatic rings. The number of carbonyl (C=O) groups is 1. The van der Waals surface area contributed by atoms with Gasteiger partial charge in [0.15, 0.2) is 0 Å². The molecule has 116 valence electrons. The van der Waals surface area contributed by atoms with Gasteiger partial charge < -0.3 is 5.32 Å². The van der Waals surface area contributed by atoms with Crippen LogP contribution in [0.15, 0.2) is 47.8 Å². The van der Waals surface area contributed by atoms with Crippen LogP contribution in [0.2, 0.25) is 10.0 Å². The minimum absolute atomic E-state index is 0.131. The molecule has 0 spiro atoms. The van der Waals surface area contributed by atoms with E-state index in [1.54, 1.807) is 17.5 Å². The lowest BCUT2D eigenvalue weighted by Crippen LogP contribution is -2.12. The first-order valence-corrected chi connectivity index (χ1v) is 8.14. The van der Waals surface area contributed by atoms with E-state index < -0.39 is 11.7 Å². The van der Waals surface area contributed by atoms with Crippen LogP contribution in [0.1, 0.15) is 10.5 Å². The minimum Gasteiger partial charge on any atom is -0.319 e. The Hall–Kier alpha value is -1.95. The number of amides is 1. The largest absolute Gasteiger partial charge is 0.319 e. The van der Waals surface area contributed by atoms with Crippen molar-refractivity contribution in [2.75, 3.05) is 5.32 Å². The summed E-state index contributed by atoms with van der Waals surface area (Å²) in [6, 6.07) is 11.0. The lowest BCUT2D eigenvalue weighted by Gasteiger charge is -2.05. The molecule has 1 amide bonds. The maximum Gasteiger partial charge on any atom is 0.275 e. The molecule has 0 aliphatic rings. The molecule has 1 aromatic heterocycles. The number of anilines is 1. The van der Waals surface area contributed by atoms with Crippen LogP contribution >= 0.6 is 34.5 Å². The van der Waals surface area contributed by atoms with Crippen LogP contribution in [0.3, 0.4) is 0 Å². The van der Waals surface area contributed by atoms with Crippen molar-refractivity contribution in [3.63, 3.8) is 0 Å². The van der Waals surface area contributed by atoms with Gasteiger partial charge in [-0.1, -0.05) is 35.3 Å². The summed E-state index contributed by atoms with van der Waals surface area (Å²) in [4.78, 5) is 16.5. The zero-order chi connectivity index (χ0) is 16.4. The average molecular weight is 367 g/mol. The Morgan fingerprint density at radius 1 is 1.13 bits per heavy atom. The molecule has 2 aromatic carbocycles. The molecular weight excluding hydrogens is 358 g/mol. The van der Waals surface area contributed by atoms with Crippen molar-refractivity contribution in [3.8, 4) is 10.6 Å². The molecule has 3 rings (SSSR count). The second kappa shape index (κ2) is 6.66. The van der Waals surface area contributed by atoms with Gasteiger partial charge in [-0.2, -0.15) is 0 Å². The van der Waals surface area contributed by atoms with Crippen LogP contribution in [-0.4, -0.2) is 10.9 Å². The summed E-state index contributed by atoms with van der Waals surface area (Å²) in [5, 5.41) is 5.73. The van der Waals surface area contributed by atoms with Crippen molar-refractivity contribution in [2.24, 2.45) is 0 Å². The standard InChI is InChI=1S/C16H9Cl2FN2OS/c17-10-3-1-9(2-4-10)16-21-14(8-23-16)15(22)20-13-6-5-11(19)7-12(13)18/h1-8H,(H,20,22). The third kappa shape index (κ3) is 3.69. The molecular formula is C16H9Cl2FN2OS. The summed E-state index contributed by atoms with van der Waals surface area (Å²) in [5.74, 6) is -0.873. The predicted octanol–water partition coefficient (Wildman–Crippen LogP) is 5.51. The zero-order valence-electron chi connectivity index (χ0n) is 11.5. The molecule has 0 saturated carbocycles.